The SMILES string of the molecule is O=C1NC=CC(CO)N1. The number of amides is 2. The van der Waals surface area contributed by atoms with Crippen molar-refractivity contribution >= 4 is 6.03 Å². The van der Waals surface area contributed by atoms with Crippen LogP contribution in [0.4, 0.5) is 4.79 Å². The highest BCUT2D eigenvalue weighted by Crippen LogP contribution is 1.88. The second-order valence-electron chi connectivity index (χ2n) is 1.77. The van der Waals surface area contributed by atoms with Crippen molar-refractivity contribution in [1.29, 1.82) is 0 Å². The zero-order chi connectivity index (χ0) is 6.69. The van der Waals surface area contributed by atoms with E-state index in [0.29, 0.717) is 0 Å². The molecule has 50 valence electrons. The fourth-order valence-electron chi connectivity index (χ4n) is 0.605. The molecule has 1 atom stereocenters. The number of hydrogen-bond acceptors (Lipinski definition) is 2. The Balaban J connectivity index is 2.49. The van der Waals surface area contributed by atoms with Gasteiger partial charge in [-0.05, 0) is 6.08 Å². The Hall–Kier alpha value is -1.03. The highest BCUT2D eigenvalue weighted by atomic mass is 16.3. The molecule has 1 aliphatic rings. The molecule has 0 aliphatic carbocycles. The number of aliphatic hydroxyl groups is 1. The maximum absolute atomic E-state index is 10.4. The molecule has 1 heterocycles. The smallest absolute Gasteiger partial charge is 0.319 e. The van der Waals surface area contributed by atoms with Gasteiger partial charge in [-0.2, -0.15) is 0 Å². The van der Waals surface area contributed by atoms with Crippen LogP contribution in [0, 0.1) is 0 Å². The predicted octanol–water partition coefficient (Wildman–Crippen LogP) is -0.826. The zero-order valence-electron chi connectivity index (χ0n) is 4.79. The number of nitrogens with one attached hydrogen (secondary N) is 2. The quantitative estimate of drug-likeness (QED) is 0.432. The van der Waals surface area contributed by atoms with Crippen LogP contribution in [0.25, 0.3) is 0 Å². The summed E-state index contributed by atoms with van der Waals surface area (Å²) in [5.41, 5.74) is 0. The molecule has 0 saturated carbocycles. The van der Waals surface area contributed by atoms with Gasteiger partial charge in [-0.1, -0.05) is 0 Å². The molecule has 4 heteroatoms. The van der Waals surface area contributed by atoms with Crippen LogP contribution in [0.1, 0.15) is 0 Å². The van der Waals surface area contributed by atoms with Crippen LogP contribution in [0.3, 0.4) is 0 Å². The van der Waals surface area contributed by atoms with Gasteiger partial charge in [-0.15, -0.1) is 0 Å². The van der Waals surface area contributed by atoms with Gasteiger partial charge < -0.3 is 15.7 Å². The maximum atomic E-state index is 10.4. The maximum Gasteiger partial charge on any atom is 0.319 e. The van der Waals surface area contributed by atoms with Crippen molar-refractivity contribution in [1.82, 2.24) is 10.6 Å². The molecule has 0 spiro atoms. The third-order valence-corrected chi connectivity index (χ3v) is 1.06. The standard InChI is InChI=1S/C5H8N2O2/c8-3-4-1-2-6-5(9)7-4/h1-2,4,8H,3H2,(H2,6,7,9). The molecule has 0 bridgehead atoms. The molecular formula is C5H8N2O2. The topological polar surface area (TPSA) is 61.4 Å². The summed E-state index contributed by atoms with van der Waals surface area (Å²) >= 11 is 0. The van der Waals surface area contributed by atoms with Crippen LogP contribution in [0.15, 0.2) is 12.3 Å². The monoisotopic (exact) mass is 128 g/mol. The minimum Gasteiger partial charge on any atom is -0.394 e. The Morgan fingerprint density at radius 1 is 1.78 bits per heavy atom. The Bertz CT molecular complexity index is 144. The lowest BCUT2D eigenvalue weighted by Crippen LogP contribution is -2.44. The molecule has 0 aromatic heterocycles. The Morgan fingerprint density at radius 3 is 3.00 bits per heavy atom. The molecule has 4 nitrogen and oxygen atoms in total. The van der Waals surface area contributed by atoms with Crippen LogP contribution in [0.2, 0.25) is 0 Å². The third-order valence-electron chi connectivity index (χ3n) is 1.06. The van der Waals surface area contributed by atoms with Gasteiger partial charge in [0, 0.05) is 6.20 Å². The molecule has 0 aromatic rings. The fraction of sp³-hybridized carbons (Fsp3) is 0.400. The van der Waals surface area contributed by atoms with E-state index in [4.69, 9.17) is 5.11 Å². The van der Waals surface area contributed by atoms with Crippen molar-refractivity contribution in [3.63, 3.8) is 0 Å². The Kier molecular flexibility index (Phi) is 1.69. The molecule has 1 aliphatic heterocycles. The van der Waals surface area contributed by atoms with Gasteiger partial charge in [-0.3, -0.25) is 0 Å². The summed E-state index contributed by atoms with van der Waals surface area (Å²) in [7, 11) is 0. The van der Waals surface area contributed by atoms with Crippen molar-refractivity contribution in [3.05, 3.63) is 12.3 Å². The normalized spacial score (nSPS) is 25.0. The number of aliphatic hydroxyl groups excluding tert-OH is 1. The second kappa shape index (κ2) is 2.50. The molecule has 2 amide bonds. The van der Waals surface area contributed by atoms with E-state index >= 15 is 0 Å². The average Bonchev–Trinajstić information content (AvgIpc) is 1.88. The summed E-state index contributed by atoms with van der Waals surface area (Å²) in [4.78, 5) is 10.4. The number of carbonyl (C=O) groups is 1. The largest absolute Gasteiger partial charge is 0.394 e. The lowest BCUT2D eigenvalue weighted by molar-refractivity contribution is 0.225. The van der Waals surface area contributed by atoms with E-state index < -0.39 is 0 Å². The van der Waals surface area contributed by atoms with Gasteiger partial charge in [0.1, 0.15) is 0 Å². The first kappa shape index (κ1) is 6.10. The van der Waals surface area contributed by atoms with Gasteiger partial charge in [-0.25, -0.2) is 4.79 Å². The van der Waals surface area contributed by atoms with Gasteiger partial charge in [0.15, 0.2) is 0 Å². The Morgan fingerprint density at radius 2 is 2.56 bits per heavy atom. The van der Waals surface area contributed by atoms with Crippen LogP contribution in [0.5, 0.6) is 0 Å². The Labute approximate surface area is 52.6 Å². The lowest BCUT2D eigenvalue weighted by atomic mass is 10.3. The van der Waals surface area contributed by atoms with Gasteiger partial charge >= 0.3 is 6.03 Å². The predicted molar refractivity (Wildman–Crippen MR) is 31.7 cm³/mol. The minimum absolute atomic E-state index is 0.0517. The zero-order valence-corrected chi connectivity index (χ0v) is 4.79. The average molecular weight is 128 g/mol. The summed E-state index contributed by atoms with van der Waals surface area (Å²) in [5, 5.41) is 13.4. The van der Waals surface area contributed by atoms with Crippen LogP contribution >= 0.6 is 0 Å². The van der Waals surface area contributed by atoms with E-state index in [0.717, 1.165) is 0 Å². The first-order valence-electron chi connectivity index (χ1n) is 2.67. The van der Waals surface area contributed by atoms with Gasteiger partial charge in [0.05, 0.1) is 12.6 Å². The van der Waals surface area contributed by atoms with Crippen LogP contribution in [-0.4, -0.2) is 23.8 Å². The van der Waals surface area contributed by atoms with Crippen molar-refractivity contribution in [3.8, 4) is 0 Å². The third kappa shape index (κ3) is 1.43. The van der Waals surface area contributed by atoms with E-state index in [2.05, 4.69) is 10.6 Å². The summed E-state index contributed by atoms with van der Waals surface area (Å²) in [6, 6.07) is -0.490. The number of hydrogen-bond donors (Lipinski definition) is 3. The first-order valence-corrected chi connectivity index (χ1v) is 2.67. The second-order valence-corrected chi connectivity index (χ2v) is 1.77. The fourth-order valence-corrected chi connectivity index (χ4v) is 0.605. The minimum atomic E-state index is -0.267. The first-order chi connectivity index (χ1) is 4.33. The van der Waals surface area contributed by atoms with Crippen LogP contribution < -0.4 is 10.6 Å². The van der Waals surface area contributed by atoms with Crippen molar-refractivity contribution in [2.24, 2.45) is 0 Å². The molecule has 9 heavy (non-hydrogen) atoms. The number of rotatable bonds is 1. The summed E-state index contributed by atoms with van der Waals surface area (Å²) in [6.07, 6.45) is 3.20. The van der Waals surface area contributed by atoms with E-state index in [-0.39, 0.29) is 18.7 Å². The summed E-state index contributed by atoms with van der Waals surface area (Å²) in [6.45, 7) is -0.0517. The highest BCUT2D eigenvalue weighted by molar-refractivity contribution is 5.76. The lowest BCUT2D eigenvalue weighted by Gasteiger charge is -2.15. The highest BCUT2D eigenvalue weighted by Gasteiger charge is 2.09. The molecule has 0 aromatic carbocycles. The van der Waals surface area contributed by atoms with E-state index in [1.165, 1.54) is 6.20 Å². The van der Waals surface area contributed by atoms with Gasteiger partial charge in [0.25, 0.3) is 0 Å². The molecule has 1 unspecified atom stereocenters. The number of carbonyl (C=O) groups excluding carboxylic acids is 1. The molecule has 0 radical (unpaired) electrons. The molecule has 0 fully saturated rings. The number of urea groups is 1. The molecular weight excluding hydrogens is 120 g/mol. The van der Waals surface area contributed by atoms with Crippen molar-refractivity contribution in [2.45, 2.75) is 6.04 Å². The molecule has 0 saturated heterocycles. The van der Waals surface area contributed by atoms with Crippen molar-refractivity contribution in [2.75, 3.05) is 6.61 Å². The molecule has 1 rings (SSSR count). The van der Waals surface area contributed by atoms with Crippen LogP contribution in [-0.2, 0) is 0 Å². The van der Waals surface area contributed by atoms with Gasteiger partial charge in [0.2, 0.25) is 0 Å². The van der Waals surface area contributed by atoms with E-state index in [9.17, 15) is 4.79 Å². The van der Waals surface area contributed by atoms with E-state index in [1.807, 2.05) is 0 Å². The summed E-state index contributed by atoms with van der Waals surface area (Å²) < 4.78 is 0. The van der Waals surface area contributed by atoms with E-state index in [1.54, 1.807) is 6.08 Å². The van der Waals surface area contributed by atoms with Crippen molar-refractivity contribution < 1.29 is 9.90 Å². The molecule has 3 N–H and O–H groups in total. The summed E-state index contributed by atoms with van der Waals surface area (Å²) in [5.74, 6) is 0.